The molecule has 170 valence electrons. The summed E-state index contributed by atoms with van der Waals surface area (Å²) >= 11 is 5.83. The molecule has 7 nitrogen and oxygen atoms in total. The Labute approximate surface area is 184 Å². The lowest BCUT2D eigenvalue weighted by Gasteiger charge is -2.54. The Morgan fingerprint density at radius 1 is 1.26 bits per heavy atom. The van der Waals surface area contributed by atoms with Crippen molar-refractivity contribution in [3.05, 3.63) is 22.5 Å². The van der Waals surface area contributed by atoms with Crippen LogP contribution in [0.3, 0.4) is 0 Å². The Balaban J connectivity index is 1.67. The maximum atomic E-state index is 13.3. The van der Waals surface area contributed by atoms with E-state index in [0.29, 0.717) is 32.7 Å². The average Bonchev–Trinajstić information content (AvgIpc) is 2.65. The van der Waals surface area contributed by atoms with Crippen molar-refractivity contribution >= 4 is 23.4 Å². The van der Waals surface area contributed by atoms with Gasteiger partial charge in [-0.2, -0.15) is 18.4 Å². The average molecular weight is 460 g/mol. The Bertz CT molecular complexity index is 889. The summed E-state index contributed by atoms with van der Waals surface area (Å²) in [5.74, 6) is 0. The zero-order valence-corrected chi connectivity index (χ0v) is 18.6. The normalized spacial score (nSPS) is 22.7. The first-order valence-electron chi connectivity index (χ1n) is 9.98. The van der Waals surface area contributed by atoms with Crippen LogP contribution in [-0.2, 0) is 10.9 Å². The number of aromatic nitrogens is 1. The van der Waals surface area contributed by atoms with Crippen LogP contribution in [0.1, 0.15) is 39.0 Å². The van der Waals surface area contributed by atoms with Crippen LogP contribution < -0.4 is 4.90 Å². The van der Waals surface area contributed by atoms with Crippen LogP contribution in [0.2, 0.25) is 5.15 Å². The monoisotopic (exact) mass is 459 g/mol. The number of carbonyl (C=O) groups is 1. The minimum Gasteiger partial charge on any atom is -0.444 e. The van der Waals surface area contributed by atoms with Gasteiger partial charge in [-0.05, 0) is 27.7 Å². The van der Waals surface area contributed by atoms with Crippen molar-refractivity contribution in [3.8, 4) is 6.07 Å². The molecule has 1 amide bonds. The van der Waals surface area contributed by atoms with E-state index in [1.165, 1.54) is 6.07 Å². The third kappa shape index (κ3) is 4.99. The van der Waals surface area contributed by atoms with Crippen molar-refractivity contribution < 1.29 is 22.7 Å². The third-order valence-electron chi connectivity index (χ3n) is 5.52. The minimum atomic E-state index is -4.77. The number of hydrogen-bond donors (Lipinski definition) is 0. The number of nitriles is 1. The zero-order valence-electron chi connectivity index (χ0n) is 17.8. The molecule has 0 N–H and O–H groups in total. The molecule has 2 aliphatic rings. The summed E-state index contributed by atoms with van der Waals surface area (Å²) in [7, 11) is 0. The van der Waals surface area contributed by atoms with E-state index >= 15 is 0 Å². The van der Waals surface area contributed by atoms with E-state index in [4.69, 9.17) is 16.3 Å². The molecule has 0 aliphatic carbocycles. The molecule has 0 saturated carbocycles. The lowest BCUT2D eigenvalue weighted by atomic mass is 9.93. The first-order chi connectivity index (χ1) is 14.3. The number of halogens is 4. The van der Waals surface area contributed by atoms with Gasteiger partial charge in [0.15, 0.2) is 5.69 Å². The molecule has 2 aliphatic heterocycles. The fourth-order valence-electron chi connectivity index (χ4n) is 3.93. The molecule has 0 bridgehead atoms. The number of rotatable bonds is 2. The summed E-state index contributed by atoms with van der Waals surface area (Å²) in [6.07, 6.45) is -5.11. The number of carbonyl (C=O) groups excluding carboxylic acids is 1. The molecule has 2 saturated heterocycles. The van der Waals surface area contributed by atoms with Crippen molar-refractivity contribution in [1.82, 2.24) is 14.8 Å². The molecule has 3 heterocycles. The van der Waals surface area contributed by atoms with E-state index in [9.17, 15) is 23.2 Å². The number of amides is 1. The van der Waals surface area contributed by atoms with Crippen molar-refractivity contribution in [2.75, 3.05) is 37.6 Å². The third-order valence-corrected chi connectivity index (χ3v) is 5.72. The largest absolute Gasteiger partial charge is 0.444 e. The number of ether oxygens (including phenoxy) is 1. The van der Waals surface area contributed by atoms with Gasteiger partial charge in [-0.25, -0.2) is 9.78 Å². The van der Waals surface area contributed by atoms with Gasteiger partial charge < -0.3 is 14.5 Å². The molecular weight excluding hydrogens is 435 g/mol. The minimum absolute atomic E-state index is 0.0913. The summed E-state index contributed by atoms with van der Waals surface area (Å²) in [5, 5.41) is 9.06. The molecule has 2 fully saturated rings. The highest BCUT2D eigenvalue weighted by Gasteiger charge is 2.44. The van der Waals surface area contributed by atoms with E-state index in [2.05, 4.69) is 9.88 Å². The topological polar surface area (TPSA) is 72.7 Å². The van der Waals surface area contributed by atoms with Gasteiger partial charge in [0.05, 0.1) is 5.69 Å². The maximum Gasteiger partial charge on any atom is 0.434 e. The molecule has 3 rings (SSSR count). The lowest BCUT2D eigenvalue weighted by molar-refractivity contribution is -0.141. The van der Waals surface area contributed by atoms with Gasteiger partial charge in [0.2, 0.25) is 0 Å². The Morgan fingerprint density at radius 2 is 1.87 bits per heavy atom. The summed E-state index contributed by atoms with van der Waals surface area (Å²) in [4.78, 5) is 21.2. The predicted molar refractivity (Wildman–Crippen MR) is 109 cm³/mol. The number of hydrogen-bond acceptors (Lipinski definition) is 6. The molecule has 31 heavy (non-hydrogen) atoms. The molecule has 0 unspecified atom stereocenters. The second kappa shape index (κ2) is 8.36. The Morgan fingerprint density at radius 3 is 2.35 bits per heavy atom. The fourth-order valence-corrected chi connectivity index (χ4v) is 4.12. The van der Waals surface area contributed by atoms with Gasteiger partial charge in [-0.15, -0.1) is 0 Å². The van der Waals surface area contributed by atoms with Gasteiger partial charge in [-0.1, -0.05) is 11.6 Å². The maximum absolute atomic E-state index is 13.3. The van der Waals surface area contributed by atoms with Gasteiger partial charge >= 0.3 is 12.3 Å². The van der Waals surface area contributed by atoms with Crippen molar-refractivity contribution in [2.45, 2.75) is 51.6 Å². The number of alkyl halides is 3. The molecule has 0 aromatic carbocycles. The standard InChI is InChI=1S/C20H25ClF3N5O2/c1-12-15(27-5-7-28(8-6-27)18(30)31-19(2,3)4)11-29(12)14-9-16(21)26-17(13(14)10-25)20(22,23)24/h9,12,15H,5-8,11H2,1-4H3/t12-,15-/m1/s1. The lowest BCUT2D eigenvalue weighted by Crippen LogP contribution is -2.68. The number of nitrogens with zero attached hydrogens (tertiary/aromatic N) is 5. The highest BCUT2D eigenvalue weighted by molar-refractivity contribution is 6.29. The van der Waals surface area contributed by atoms with Crippen molar-refractivity contribution in [1.29, 1.82) is 5.26 Å². The molecule has 0 spiro atoms. The van der Waals surface area contributed by atoms with E-state index in [-0.39, 0.29) is 29.0 Å². The van der Waals surface area contributed by atoms with Gasteiger partial charge in [0.25, 0.3) is 0 Å². The van der Waals surface area contributed by atoms with Crippen molar-refractivity contribution in [3.63, 3.8) is 0 Å². The SMILES string of the molecule is C[C@@H]1[C@H](N2CCN(C(=O)OC(C)(C)C)CC2)CN1c1cc(Cl)nc(C(F)(F)F)c1C#N. The number of anilines is 1. The van der Waals surface area contributed by atoms with Crippen LogP contribution >= 0.6 is 11.6 Å². The van der Waals surface area contributed by atoms with Crippen LogP contribution in [0.15, 0.2) is 6.07 Å². The van der Waals surface area contributed by atoms with Crippen molar-refractivity contribution in [2.24, 2.45) is 0 Å². The molecule has 11 heteroatoms. The highest BCUT2D eigenvalue weighted by Crippen LogP contribution is 2.39. The van der Waals surface area contributed by atoms with E-state index in [1.54, 1.807) is 15.9 Å². The second-order valence-electron chi connectivity index (χ2n) is 8.76. The van der Waals surface area contributed by atoms with Crippen LogP contribution in [-0.4, -0.2) is 71.3 Å². The summed E-state index contributed by atoms with van der Waals surface area (Å²) in [6, 6.07) is 2.92. The quantitative estimate of drug-likeness (QED) is 0.627. The van der Waals surface area contributed by atoms with Crippen LogP contribution in [0, 0.1) is 11.3 Å². The van der Waals surface area contributed by atoms with E-state index in [1.807, 2.05) is 27.7 Å². The smallest absolute Gasteiger partial charge is 0.434 e. The first kappa shape index (κ1) is 23.4. The molecule has 2 atom stereocenters. The van der Waals surface area contributed by atoms with Gasteiger partial charge in [-0.3, -0.25) is 4.90 Å². The molecule has 1 aromatic heterocycles. The summed E-state index contributed by atoms with van der Waals surface area (Å²) in [5.41, 5.74) is -2.20. The number of piperazine rings is 1. The Hall–Kier alpha value is -2.25. The summed E-state index contributed by atoms with van der Waals surface area (Å²) < 4.78 is 45.3. The second-order valence-corrected chi connectivity index (χ2v) is 9.15. The van der Waals surface area contributed by atoms with Gasteiger partial charge in [0, 0.05) is 50.9 Å². The summed E-state index contributed by atoms with van der Waals surface area (Å²) in [6.45, 7) is 10.1. The Kier molecular flexibility index (Phi) is 6.31. The van der Waals surface area contributed by atoms with Crippen LogP contribution in [0.5, 0.6) is 0 Å². The van der Waals surface area contributed by atoms with Gasteiger partial charge in [0.1, 0.15) is 22.4 Å². The fraction of sp³-hybridized carbons (Fsp3) is 0.650. The van der Waals surface area contributed by atoms with E-state index in [0.717, 1.165) is 0 Å². The first-order valence-corrected chi connectivity index (χ1v) is 10.4. The van der Waals surface area contributed by atoms with Crippen LogP contribution in [0.25, 0.3) is 0 Å². The molecular formula is C20H25ClF3N5O2. The molecule has 1 aromatic rings. The predicted octanol–water partition coefficient (Wildman–Crippen LogP) is 3.76. The van der Waals surface area contributed by atoms with Crippen LogP contribution in [0.4, 0.5) is 23.7 Å². The number of pyridine rings is 1. The zero-order chi connectivity index (χ0) is 23.1. The highest BCUT2D eigenvalue weighted by atomic mass is 35.5. The molecule has 0 radical (unpaired) electrons. The van der Waals surface area contributed by atoms with E-state index < -0.39 is 23.0 Å².